The lowest BCUT2D eigenvalue weighted by Crippen LogP contribution is -2.03. The first-order valence-electron chi connectivity index (χ1n) is 3.72. The van der Waals surface area contributed by atoms with Crippen LogP contribution >= 0.6 is 11.6 Å². The standard InChI is InChI=1S/C9H8ClFO2/c1-6(10)7-4-2-3-5-8(7)9(12)13-11/h2-6H,1H3. The van der Waals surface area contributed by atoms with Crippen LogP contribution in [-0.2, 0) is 4.94 Å². The van der Waals surface area contributed by atoms with Gasteiger partial charge in [-0.05, 0) is 18.6 Å². The molecule has 0 aliphatic heterocycles. The zero-order valence-electron chi connectivity index (χ0n) is 6.96. The highest BCUT2D eigenvalue weighted by Gasteiger charge is 2.15. The van der Waals surface area contributed by atoms with Crippen molar-refractivity contribution in [2.45, 2.75) is 12.3 Å². The van der Waals surface area contributed by atoms with Gasteiger partial charge in [0, 0.05) is 4.53 Å². The Hall–Kier alpha value is -1.09. The maximum atomic E-state index is 11.6. The number of alkyl halides is 1. The molecule has 1 aromatic carbocycles. The van der Waals surface area contributed by atoms with Gasteiger partial charge < -0.3 is 0 Å². The van der Waals surface area contributed by atoms with Gasteiger partial charge in [-0.25, -0.2) is 9.74 Å². The van der Waals surface area contributed by atoms with E-state index in [2.05, 4.69) is 4.94 Å². The summed E-state index contributed by atoms with van der Waals surface area (Å²) in [6.45, 7) is 1.70. The molecule has 1 atom stereocenters. The van der Waals surface area contributed by atoms with Gasteiger partial charge in [0.1, 0.15) is 0 Å². The minimum atomic E-state index is -1.01. The van der Waals surface area contributed by atoms with E-state index in [1.54, 1.807) is 25.1 Å². The van der Waals surface area contributed by atoms with E-state index in [9.17, 15) is 9.32 Å². The highest BCUT2D eigenvalue weighted by molar-refractivity contribution is 6.21. The summed E-state index contributed by atoms with van der Waals surface area (Å²) in [6.07, 6.45) is 0. The summed E-state index contributed by atoms with van der Waals surface area (Å²) in [4.78, 5) is 14.0. The van der Waals surface area contributed by atoms with E-state index in [0.717, 1.165) is 0 Å². The summed E-state index contributed by atoms with van der Waals surface area (Å²) in [5.41, 5.74) is 0.722. The maximum Gasteiger partial charge on any atom is 0.379 e. The molecule has 0 N–H and O–H groups in total. The normalized spacial score (nSPS) is 12.2. The van der Waals surface area contributed by atoms with Gasteiger partial charge in [0.2, 0.25) is 0 Å². The van der Waals surface area contributed by atoms with Gasteiger partial charge in [-0.1, -0.05) is 18.2 Å². The van der Waals surface area contributed by atoms with Crippen LogP contribution in [0.3, 0.4) is 0 Å². The second-order valence-corrected chi connectivity index (χ2v) is 3.22. The fraction of sp³-hybridized carbons (Fsp3) is 0.222. The average molecular weight is 203 g/mol. The molecule has 0 bridgehead atoms. The molecule has 1 unspecified atom stereocenters. The monoisotopic (exact) mass is 202 g/mol. The van der Waals surface area contributed by atoms with Crippen LogP contribution in [0.25, 0.3) is 0 Å². The maximum absolute atomic E-state index is 11.6. The molecule has 13 heavy (non-hydrogen) atoms. The number of hydrogen-bond acceptors (Lipinski definition) is 2. The van der Waals surface area contributed by atoms with Gasteiger partial charge in [-0.3, -0.25) is 0 Å². The van der Waals surface area contributed by atoms with E-state index in [-0.39, 0.29) is 10.9 Å². The molecule has 0 spiro atoms. The van der Waals surface area contributed by atoms with Gasteiger partial charge in [0.05, 0.1) is 10.9 Å². The minimum Gasteiger partial charge on any atom is -0.249 e. The molecule has 4 heteroatoms. The first-order valence-corrected chi connectivity index (χ1v) is 4.16. The third kappa shape index (κ3) is 2.18. The molecule has 2 nitrogen and oxygen atoms in total. The van der Waals surface area contributed by atoms with Crippen LogP contribution in [0, 0.1) is 0 Å². The zero-order valence-corrected chi connectivity index (χ0v) is 7.72. The van der Waals surface area contributed by atoms with Crippen molar-refractivity contribution in [2.24, 2.45) is 0 Å². The lowest BCUT2D eigenvalue weighted by Gasteiger charge is -2.06. The van der Waals surface area contributed by atoms with Gasteiger partial charge >= 0.3 is 5.97 Å². The van der Waals surface area contributed by atoms with Crippen LogP contribution in [-0.4, -0.2) is 5.97 Å². The minimum absolute atomic E-state index is 0.160. The summed E-state index contributed by atoms with van der Waals surface area (Å²) in [5.74, 6) is -1.01. The van der Waals surface area contributed by atoms with E-state index < -0.39 is 5.97 Å². The number of hydrogen-bond donors (Lipinski definition) is 0. The second kappa shape index (κ2) is 4.23. The number of halogens is 2. The van der Waals surface area contributed by atoms with E-state index in [0.29, 0.717) is 5.56 Å². The van der Waals surface area contributed by atoms with Crippen molar-refractivity contribution in [3.05, 3.63) is 35.4 Å². The molecule has 70 valence electrons. The lowest BCUT2D eigenvalue weighted by atomic mass is 10.1. The van der Waals surface area contributed by atoms with E-state index in [4.69, 9.17) is 11.6 Å². The third-order valence-corrected chi connectivity index (χ3v) is 1.91. The fourth-order valence-electron chi connectivity index (χ4n) is 1.07. The van der Waals surface area contributed by atoms with E-state index >= 15 is 0 Å². The van der Waals surface area contributed by atoms with Crippen molar-refractivity contribution in [1.29, 1.82) is 0 Å². The lowest BCUT2D eigenvalue weighted by molar-refractivity contribution is -0.0788. The third-order valence-electron chi connectivity index (χ3n) is 1.68. The molecule has 0 aliphatic rings. The Morgan fingerprint density at radius 1 is 1.54 bits per heavy atom. The Balaban J connectivity index is 3.12. The Kier molecular flexibility index (Phi) is 3.25. The second-order valence-electron chi connectivity index (χ2n) is 2.57. The molecule has 0 radical (unpaired) electrons. The molecule has 0 heterocycles. The van der Waals surface area contributed by atoms with Crippen molar-refractivity contribution >= 4 is 17.6 Å². The summed E-state index contributed by atoms with van der Waals surface area (Å²) >= 11 is 5.78. The Bertz CT molecular complexity index is 312. The van der Waals surface area contributed by atoms with Crippen LogP contribution in [0.5, 0.6) is 0 Å². The predicted molar refractivity (Wildman–Crippen MR) is 47.2 cm³/mol. The summed E-state index contributed by atoms with van der Waals surface area (Å²) in [5, 5.41) is -0.352. The molecular weight excluding hydrogens is 195 g/mol. The summed E-state index contributed by atoms with van der Waals surface area (Å²) in [6, 6.07) is 6.47. The predicted octanol–water partition coefficient (Wildman–Crippen LogP) is 3.03. The number of benzene rings is 1. The van der Waals surface area contributed by atoms with Crippen molar-refractivity contribution in [3.8, 4) is 0 Å². The van der Waals surface area contributed by atoms with Crippen LogP contribution < -0.4 is 0 Å². The molecule has 0 aliphatic carbocycles. The van der Waals surface area contributed by atoms with Crippen LogP contribution in [0.1, 0.15) is 28.2 Å². The Morgan fingerprint density at radius 3 is 2.69 bits per heavy atom. The summed E-state index contributed by atoms with van der Waals surface area (Å²) in [7, 11) is 0. The molecule has 1 aromatic rings. The molecule has 0 saturated carbocycles. The topological polar surface area (TPSA) is 26.3 Å². The fourth-order valence-corrected chi connectivity index (χ4v) is 1.26. The highest BCUT2D eigenvalue weighted by atomic mass is 35.5. The van der Waals surface area contributed by atoms with Crippen molar-refractivity contribution < 1.29 is 14.3 Å². The number of rotatable bonds is 2. The molecule has 0 saturated heterocycles. The summed E-state index contributed by atoms with van der Waals surface area (Å²) < 4.78 is 11.6. The SMILES string of the molecule is CC(Cl)c1ccccc1C(=O)OF. The highest BCUT2D eigenvalue weighted by Crippen LogP contribution is 2.23. The molecule has 0 fully saturated rings. The van der Waals surface area contributed by atoms with Crippen LogP contribution in [0.4, 0.5) is 4.53 Å². The van der Waals surface area contributed by atoms with E-state index in [1.165, 1.54) is 6.07 Å². The van der Waals surface area contributed by atoms with Crippen molar-refractivity contribution in [3.63, 3.8) is 0 Å². The molecule has 0 aromatic heterocycles. The van der Waals surface area contributed by atoms with Gasteiger partial charge in [0.25, 0.3) is 0 Å². The zero-order chi connectivity index (χ0) is 9.84. The quantitative estimate of drug-likeness (QED) is 0.689. The molecular formula is C9H8ClFO2. The smallest absolute Gasteiger partial charge is 0.249 e. The Labute approximate surface area is 80.2 Å². The average Bonchev–Trinajstić information content (AvgIpc) is 2.16. The van der Waals surface area contributed by atoms with Gasteiger partial charge in [0.15, 0.2) is 0 Å². The van der Waals surface area contributed by atoms with Crippen LogP contribution in [0.15, 0.2) is 24.3 Å². The van der Waals surface area contributed by atoms with Crippen molar-refractivity contribution in [2.75, 3.05) is 0 Å². The van der Waals surface area contributed by atoms with Crippen LogP contribution in [0.2, 0.25) is 0 Å². The van der Waals surface area contributed by atoms with E-state index in [1.807, 2.05) is 0 Å². The first-order chi connectivity index (χ1) is 6.16. The first kappa shape index (κ1) is 9.99. The van der Waals surface area contributed by atoms with Gasteiger partial charge in [-0.2, -0.15) is 0 Å². The van der Waals surface area contributed by atoms with Crippen molar-refractivity contribution in [1.82, 2.24) is 0 Å². The Morgan fingerprint density at radius 2 is 2.15 bits per heavy atom. The largest absolute Gasteiger partial charge is 0.379 e. The number of carbonyl (C=O) groups excluding carboxylic acids is 1. The molecule has 1 rings (SSSR count). The molecule has 0 amide bonds. The number of carbonyl (C=O) groups is 1. The van der Waals surface area contributed by atoms with Gasteiger partial charge in [-0.15, -0.1) is 11.6 Å².